The Kier molecular flexibility index (Phi) is 8.26. The molecule has 0 spiro atoms. The maximum atomic E-state index is 13.3. The van der Waals surface area contributed by atoms with Crippen LogP contribution >= 0.6 is 0 Å². The zero-order chi connectivity index (χ0) is 25.2. The van der Waals surface area contributed by atoms with Gasteiger partial charge in [-0.3, -0.25) is 19.3 Å². The molecule has 7 heteroatoms. The van der Waals surface area contributed by atoms with Crippen molar-refractivity contribution in [3.8, 4) is 0 Å². The summed E-state index contributed by atoms with van der Waals surface area (Å²) < 4.78 is 11.5. The highest BCUT2D eigenvalue weighted by atomic mass is 16.5. The lowest BCUT2D eigenvalue weighted by atomic mass is 9.90. The lowest BCUT2D eigenvalue weighted by Crippen LogP contribution is -2.48. The van der Waals surface area contributed by atoms with Crippen LogP contribution in [0.4, 0.5) is 0 Å². The molecular formula is C26H39NO6. The van der Waals surface area contributed by atoms with Gasteiger partial charge in [0.15, 0.2) is 5.78 Å². The number of amides is 2. The van der Waals surface area contributed by atoms with E-state index in [1.165, 1.54) is 11.0 Å². The summed E-state index contributed by atoms with van der Waals surface area (Å²) in [6.07, 6.45) is 1.38. The maximum Gasteiger partial charge on any atom is 0.262 e. The molecule has 1 aromatic rings. The summed E-state index contributed by atoms with van der Waals surface area (Å²) in [6, 6.07) is 4.64. The van der Waals surface area contributed by atoms with Gasteiger partial charge in [0, 0.05) is 17.7 Å². The first-order valence-electron chi connectivity index (χ1n) is 11.7. The van der Waals surface area contributed by atoms with Crippen LogP contribution in [-0.2, 0) is 9.47 Å². The molecule has 0 bridgehead atoms. The zero-order valence-electron chi connectivity index (χ0n) is 21.3. The molecule has 0 saturated heterocycles. The third kappa shape index (κ3) is 6.28. The second-order valence-corrected chi connectivity index (χ2v) is 10.5. The number of rotatable bonds is 12. The van der Waals surface area contributed by atoms with Crippen LogP contribution in [0.2, 0.25) is 0 Å². The van der Waals surface area contributed by atoms with Gasteiger partial charge in [-0.1, -0.05) is 13.0 Å². The van der Waals surface area contributed by atoms with E-state index in [0.717, 1.165) is 0 Å². The lowest BCUT2D eigenvalue weighted by Gasteiger charge is -2.34. The largest absolute Gasteiger partial charge is 0.390 e. The minimum atomic E-state index is -1.10. The van der Waals surface area contributed by atoms with Crippen LogP contribution in [0.15, 0.2) is 18.2 Å². The summed E-state index contributed by atoms with van der Waals surface area (Å²) in [5.41, 5.74) is -1.86. The fourth-order valence-corrected chi connectivity index (χ4v) is 3.75. The molecule has 2 amide bonds. The van der Waals surface area contributed by atoms with Gasteiger partial charge in [0.1, 0.15) is 5.60 Å². The van der Waals surface area contributed by atoms with Crippen molar-refractivity contribution in [1.82, 2.24) is 4.90 Å². The first kappa shape index (κ1) is 27.2. The zero-order valence-corrected chi connectivity index (χ0v) is 21.3. The van der Waals surface area contributed by atoms with E-state index in [1.807, 2.05) is 34.6 Å². The van der Waals surface area contributed by atoms with Crippen LogP contribution in [-0.4, -0.2) is 63.7 Å². The number of ketones is 1. The second kappa shape index (κ2) is 10.0. The normalized spacial score (nSPS) is 16.4. The molecule has 0 aliphatic carbocycles. The average molecular weight is 462 g/mol. The van der Waals surface area contributed by atoms with Crippen LogP contribution in [0.3, 0.4) is 0 Å². The minimum Gasteiger partial charge on any atom is -0.390 e. The first-order valence-corrected chi connectivity index (χ1v) is 11.7. The lowest BCUT2D eigenvalue weighted by molar-refractivity contribution is -0.0414. The van der Waals surface area contributed by atoms with E-state index < -0.39 is 22.6 Å². The highest BCUT2D eigenvalue weighted by molar-refractivity contribution is 6.22. The molecule has 2 rings (SSSR count). The monoisotopic (exact) mass is 461 g/mol. The second-order valence-electron chi connectivity index (χ2n) is 10.5. The van der Waals surface area contributed by atoms with Gasteiger partial charge in [-0.15, -0.1) is 0 Å². The number of imide groups is 1. The molecule has 1 N–H and O–H groups in total. The quantitative estimate of drug-likeness (QED) is 0.366. The number of hydrogen-bond donors (Lipinski definition) is 1. The molecule has 1 unspecified atom stereocenters. The number of ether oxygens (including phenoxy) is 2. The van der Waals surface area contributed by atoms with Crippen molar-refractivity contribution in [3.63, 3.8) is 0 Å². The highest BCUT2D eigenvalue weighted by Gasteiger charge is 2.44. The van der Waals surface area contributed by atoms with Crippen molar-refractivity contribution in [2.75, 3.05) is 13.2 Å². The fourth-order valence-electron chi connectivity index (χ4n) is 3.75. The number of Topliss-reactive ketones (excluding diaryl/α,β-unsaturated/α-hetero) is 1. The number of carbonyl (C=O) groups excluding carboxylic acids is 3. The van der Waals surface area contributed by atoms with Gasteiger partial charge >= 0.3 is 0 Å². The SMILES string of the molecule is CCC(C)(OCCC(C)(C)O)C(=O)c1ccc2c(c1)C(=O)N(C(C)(C)CCOC(C)C)C2=O. The number of fused-ring (bicyclic) bond motifs is 1. The summed E-state index contributed by atoms with van der Waals surface area (Å²) in [5, 5.41) is 9.93. The molecule has 1 aliphatic heterocycles. The highest BCUT2D eigenvalue weighted by Crippen LogP contribution is 2.33. The average Bonchev–Trinajstić information content (AvgIpc) is 2.96. The van der Waals surface area contributed by atoms with Crippen molar-refractivity contribution in [1.29, 1.82) is 0 Å². The molecule has 0 saturated carbocycles. The predicted molar refractivity (Wildman–Crippen MR) is 127 cm³/mol. The van der Waals surface area contributed by atoms with Crippen molar-refractivity contribution in [3.05, 3.63) is 34.9 Å². The number of nitrogens with zero attached hydrogens (tertiary/aromatic N) is 1. The van der Waals surface area contributed by atoms with Crippen molar-refractivity contribution >= 4 is 17.6 Å². The maximum absolute atomic E-state index is 13.3. The molecule has 0 fully saturated rings. The molecule has 0 aromatic heterocycles. The molecule has 33 heavy (non-hydrogen) atoms. The van der Waals surface area contributed by atoms with Crippen molar-refractivity contribution in [2.24, 2.45) is 0 Å². The van der Waals surface area contributed by atoms with E-state index in [-0.39, 0.29) is 30.0 Å². The summed E-state index contributed by atoms with van der Waals surface area (Å²) in [6.45, 7) is 15.2. The van der Waals surface area contributed by atoms with Crippen LogP contribution in [0.25, 0.3) is 0 Å². The van der Waals surface area contributed by atoms with Crippen LogP contribution in [0, 0.1) is 0 Å². The Morgan fingerprint density at radius 3 is 2.15 bits per heavy atom. The number of hydrogen-bond acceptors (Lipinski definition) is 6. The van der Waals surface area contributed by atoms with Gasteiger partial charge in [0.25, 0.3) is 11.8 Å². The van der Waals surface area contributed by atoms with Crippen LogP contribution in [0.5, 0.6) is 0 Å². The molecule has 1 atom stereocenters. The third-order valence-corrected chi connectivity index (χ3v) is 6.21. The first-order chi connectivity index (χ1) is 15.1. The van der Waals surface area contributed by atoms with Gasteiger partial charge in [0.05, 0.1) is 29.4 Å². The van der Waals surface area contributed by atoms with Gasteiger partial charge in [-0.2, -0.15) is 0 Å². The van der Waals surface area contributed by atoms with Crippen LogP contribution in [0.1, 0.15) is 106 Å². The Labute approximate surface area is 197 Å². The number of carbonyl (C=O) groups is 3. The summed E-state index contributed by atoms with van der Waals surface area (Å²) in [4.78, 5) is 40.9. The Hall–Kier alpha value is -2.09. The Balaban J connectivity index is 2.25. The summed E-state index contributed by atoms with van der Waals surface area (Å²) >= 11 is 0. The van der Waals surface area contributed by atoms with Crippen molar-refractivity contribution in [2.45, 2.75) is 97.5 Å². The summed E-state index contributed by atoms with van der Waals surface area (Å²) in [7, 11) is 0. The molecular weight excluding hydrogens is 422 g/mol. The number of aliphatic hydroxyl groups is 1. The molecule has 184 valence electrons. The molecule has 7 nitrogen and oxygen atoms in total. The van der Waals surface area contributed by atoms with E-state index in [2.05, 4.69) is 0 Å². The Morgan fingerprint density at radius 2 is 1.61 bits per heavy atom. The van der Waals surface area contributed by atoms with Gasteiger partial charge in [0.2, 0.25) is 0 Å². The molecule has 1 heterocycles. The predicted octanol–water partition coefficient (Wildman–Crippen LogP) is 4.41. The Morgan fingerprint density at radius 1 is 1.00 bits per heavy atom. The standard InChI is InChI=1S/C26H39NO6/c1-9-26(8,33-15-13-25(6,7)31)21(28)18-10-11-19-20(16-18)23(30)27(22(19)29)24(4,5)12-14-32-17(2)3/h10-11,16-17,31H,9,12-15H2,1-8H3. The van der Waals surface area contributed by atoms with E-state index in [0.29, 0.717) is 37.0 Å². The summed E-state index contributed by atoms with van der Waals surface area (Å²) in [5.74, 6) is -1.02. The van der Waals surface area contributed by atoms with Crippen molar-refractivity contribution < 1.29 is 29.0 Å². The van der Waals surface area contributed by atoms with Gasteiger partial charge in [-0.25, -0.2) is 0 Å². The topological polar surface area (TPSA) is 93.1 Å². The van der Waals surface area contributed by atoms with E-state index in [1.54, 1.807) is 32.9 Å². The van der Waals surface area contributed by atoms with E-state index in [4.69, 9.17) is 9.47 Å². The molecule has 0 radical (unpaired) electrons. The minimum absolute atomic E-state index is 0.0649. The molecule has 1 aliphatic rings. The molecule has 1 aromatic carbocycles. The van der Waals surface area contributed by atoms with E-state index >= 15 is 0 Å². The number of benzene rings is 1. The van der Waals surface area contributed by atoms with Crippen LogP contribution < -0.4 is 0 Å². The van der Waals surface area contributed by atoms with Gasteiger partial charge in [-0.05, 0) is 79.9 Å². The third-order valence-electron chi connectivity index (χ3n) is 6.21. The van der Waals surface area contributed by atoms with E-state index in [9.17, 15) is 19.5 Å². The smallest absolute Gasteiger partial charge is 0.262 e. The van der Waals surface area contributed by atoms with Gasteiger partial charge < -0.3 is 14.6 Å². The fraction of sp³-hybridized carbons (Fsp3) is 0.654. The Bertz CT molecular complexity index is 899.